The van der Waals surface area contributed by atoms with Crippen LogP contribution in [0.4, 0.5) is 5.82 Å². The molecule has 0 atom stereocenters. The molecule has 0 unspecified atom stereocenters. The fraction of sp³-hybridized carbons (Fsp3) is 0.286. The van der Waals surface area contributed by atoms with E-state index in [1.54, 1.807) is 25.1 Å². The van der Waals surface area contributed by atoms with Gasteiger partial charge in [0.1, 0.15) is 6.20 Å². The van der Waals surface area contributed by atoms with Gasteiger partial charge in [0.25, 0.3) is 0 Å². The van der Waals surface area contributed by atoms with Crippen LogP contribution in [0.1, 0.15) is 16.2 Å². The molecule has 0 amide bonds. The minimum atomic E-state index is -0.568. The number of Topliss-reactive ketones (excluding diaryl/α,β-unsaturated/α-hetero) is 1. The molecule has 0 radical (unpaired) electrons. The molecule has 0 saturated heterocycles. The van der Waals surface area contributed by atoms with Crippen LogP contribution >= 0.6 is 0 Å². The van der Waals surface area contributed by atoms with Gasteiger partial charge in [0, 0.05) is 12.5 Å². The van der Waals surface area contributed by atoms with Gasteiger partial charge in [0.2, 0.25) is 5.78 Å². The zero-order chi connectivity index (χ0) is 16.3. The Morgan fingerprint density at radius 1 is 1.32 bits per heavy atom. The van der Waals surface area contributed by atoms with E-state index in [4.69, 9.17) is 9.47 Å². The number of carbonyl (C=O) groups excluding carboxylic acids is 1. The Kier molecular flexibility index (Phi) is 4.40. The zero-order valence-corrected chi connectivity index (χ0v) is 12.4. The van der Waals surface area contributed by atoms with Crippen molar-refractivity contribution >= 4 is 11.6 Å². The molecule has 0 N–H and O–H groups in total. The lowest BCUT2D eigenvalue weighted by Gasteiger charge is -2.09. The number of ether oxygens (including phenoxy) is 2. The maximum absolute atomic E-state index is 12.3. The van der Waals surface area contributed by atoms with E-state index in [9.17, 15) is 14.9 Å². The number of benzene rings is 1. The van der Waals surface area contributed by atoms with Gasteiger partial charge < -0.3 is 19.6 Å². The zero-order valence-electron chi connectivity index (χ0n) is 12.4. The number of hydrogen-bond acceptors (Lipinski definition) is 6. The molecule has 0 saturated carbocycles. The second-order valence-corrected chi connectivity index (χ2v) is 4.50. The van der Waals surface area contributed by atoms with E-state index in [0.717, 1.165) is 6.20 Å². The van der Waals surface area contributed by atoms with Crippen LogP contribution in [0.25, 0.3) is 0 Å². The molecule has 8 heteroatoms. The van der Waals surface area contributed by atoms with Crippen LogP contribution in [0.3, 0.4) is 0 Å². The average molecular weight is 305 g/mol. The predicted octanol–water partition coefficient (Wildman–Crippen LogP) is 2.00. The Hall–Kier alpha value is -2.90. The molecular weight excluding hydrogens is 290 g/mol. The monoisotopic (exact) mass is 305 g/mol. The fourth-order valence-corrected chi connectivity index (χ4v) is 2.04. The molecule has 2 rings (SSSR count). The number of imidazole rings is 1. The first kappa shape index (κ1) is 15.5. The number of ketones is 1. The van der Waals surface area contributed by atoms with E-state index in [1.807, 2.05) is 0 Å². The molecule has 0 bridgehead atoms. The first-order valence-electron chi connectivity index (χ1n) is 6.39. The highest BCUT2D eigenvalue weighted by Crippen LogP contribution is 2.28. The molecule has 22 heavy (non-hydrogen) atoms. The van der Waals surface area contributed by atoms with Crippen molar-refractivity contribution in [3.63, 3.8) is 0 Å². The molecule has 0 spiro atoms. The number of aryl methyl sites for hydroxylation is 1. The van der Waals surface area contributed by atoms with Gasteiger partial charge in [-0.25, -0.2) is 9.55 Å². The van der Waals surface area contributed by atoms with Gasteiger partial charge in [-0.2, -0.15) is 0 Å². The molecule has 116 valence electrons. The summed E-state index contributed by atoms with van der Waals surface area (Å²) < 4.78 is 11.5. The SMILES string of the molecule is COc1ccc(C(=O)Cn2c([N+](=O)[O-])cnc2C)cc1OC. The first-order chi connectivity index (χ1) is 10.5. The van der Waals surface area contributed by atoms with Crippen molar-refractivity contribution in [2.75, 3.05) is 14.2 Å². The number of rotatable bonds is 6. The van der Waals surface area contributed by atoms with Crippen molar-refractivity contribution in [1.82, 2.24) is 9.55 Å². The van der Waals surface area contributed by atoms with Crippen LogP contribution < -0.4 is 9.47 Å². The topological polar surface area (TPSA) is 96.5 Å². The largest absolute Gasteiger partial charge is 0.493 e. The lowest BCUT2D eigenvalue weighted by atomic mass is 10.1. The highest BCUT2D eigenvalue weighted by Gasteiger charge is 2.21. The van der Waals surface area contributed by atoms with E-state index in [0.29, 0.717) is 22.9 Å². The van der Waals surface area contributed by atoms with Crippen molar-refractivity contribution in [3.05, 3.63) is 45.9 Å². The second kappa shape index (κ2) is 6.25. The fourth-order valence-electron chi connectivity index (χ4n) is 2.04. The third-order valence-electron chi connectivity index (χ3n) is 3.23. The molecule has 0 aliphatic carbocycles. The van der Waals surface area contributed by atoms with Crippen LogP contribution in [0.5, 0.6) is 11.5 Å². The lowest BCUT2D eigenvalue weighted by molar-refractivity contribution is -0.392. The summed E-state index contributed by atoms with van der Waals surface area (Å²) in [6, 6.07) is 4.74. The molecular formula is C14H15N3O5. The van der Waals surface area contributed by atoms with Crippen molar-refractivity contribution in [3.8, 4) is 11.5 Å². The standard InChI is InChI=1S/C14H15N3O5/c1-9-15-7-14(17(19)20)16(9)8-11(18)10-4-5-12(21-2)13(6-10)22-3/h4-7H,8H2,1-3H3. The van der Waals surface area contributed by atoms with E-state index >= 15 is 0 Å². The van der Waals surface area contributed by atoms with Crippen molar-refractivity contribution in [1.29, 1.82) is 0 Å². The Labute approximate surface area is 126 Å². The van der Waals surface area contributed by atoms with Crippen LogP contribution in [-0.4, -0.2) is 34.5 Å². The van der Waals surface area contributed by atoms with Gasteiger partial charge in [0.05, 0.1) is 14.2 Å². The summed E-state index contributed by atoms with van der Waals surface area (Å²) in [5.74, 6) is 0.825. The Bertz CT molecular complexity index is 723. The second-order valence-electron chi connectivity index (χ2n) is 4.50. The Balaban J connectivity index is 2.30. The summed E-state index contributed by atoms with van der Waals surface area (Å²) in [5.41, 5.74) is 0.375. The minimum absolute atomic E-state index is 0.169. The van der Waals surface area contributed by atoms with Crippen molar-refractivity contribution < 1.29 is 19.2 Å². The highest BCUT2D eigenvalue weighted by molar-refractivity contribution is 5.96. The van der Waals surface area contributed by atoms with E-state index in [-0.39, 0.29) is 18.1 Å². The molecule has 8 nitrogen and oxygen atoms in total. The van der Waals surface area contributed by atoms with E-state index < -0.39 is 4.92 Å². The summed E-state index contributed by atoms with van der Waals surface area (Å²) in [5, 5.41) is 10.9. The van der Waals surface area contributed by atoms with Gasteiger partial charge in [-0.05, 0) is 23.1 Å². The Morgan fingerprint density at radius 2 is 2.00 bits per heavy atom. The number of nitro groups is 1. The van der Waals surface area contributed by atoms with Crippen LogP contribution in [0, 0.1) is 17.0 Å². The molecule has 0 aliphatic heterocycles. The molecule has 1 aromatic carbocycles. The minimum Gasteiger partial charge on any atom is -0.493 e. The summed E-state index contributed by atoms with van der Waals surface area (Å²) in [7, 11) is 2.97. The third kappa shape index (κ3) is 2.90. The van der Waals surface area contributed by atoms with Gasteiger partial charge in [-0.3, -0.25) is 4.79 Å². The number of carbonyl (C=O) groups is 1. The van der Waals surface area contributed by atoms with Crippen molar-refractivity contribution in [2.45, 2.75) is 13.5 Å². The maximum Gasteiger partial charge on any atom is 0.343 e. The van der Waals surface area contributed by atoms with Gasteiger partial charge >= 0.3 is 5.82 Å². The quantitative estimate of drug-likeness (QED) is 0.460. The number of aromatic nitrogens is 2. The van der Waals surface area contributed by atoms with Gasteiger partial charge in [-0.15, -0.1) is 0 Å². The third-order valence-corrected chi connectivity index (χ3v) is 3.23. The normalized spacial score (nSPS) is 10.3. The predicted molar refractivity (Wildman–Crippen MR) is 77.5 cm³/mol. The number of hydrogen-bond donors (Lipinski definition) is 0. The summed E-state index contributed by atoms with van der Waals surface area (Å²) >= 11 is 0. The lowest BCUT2D eigenvalue weighted by Crippen LogP contribution is -2.14. The van der Waals surface area contributed by atoms with Crippen LogP contribution in [0.15, 0.2) is 24.4 Å². The van der Waals surface area contributed by atoms with Gasteiger partial charge in [0.15, 0.2) is 23.9 Å². The molecule has 0 fully saturated rings. The van der Waals surface area contributed by atoms with Crippen LogP contribution in [-0.2, 0) is 6.54 Å². The molecule has 0 aliphatic rings. The highest BCUT2D eigenvalue weighted by atomic mass is 16.6. The smallest absolute Gasteiger partial charge is 0.343 e. The molecule has 1 aromatic heterocycles. The number of nitrogens with zero attached hydrogens (tertiary/aromatic N) is 3. The Morgan fingerprint density at radius 3 is 2.59 bits per heavy atom. The van der Waals surface area contributed by atoms with E-state index in [1.165, 1.54) is 18.8 Å². The molecule has 1 heterocycles. The summed E-state index contributed by atoms with van der Waals surface area (Å²) in [4.78, 5) is 26.6. The van der Waals surface area contributed by atoms with Crippen LogP contribution in [0.2, 0.25) is 0 Å². The maximum atomic E-state index is 12.3. The van der Waals surface area contributed by atoms with Crippen molar-refractivity contribution in [2.24, 2.45) is 0 Å². The summed E-state index contributed by atoms with van der Waals surface area (Å²) in [6.45, 7) is 1.44. The number of methoxy groups -OCH3 is 2. The first-order valence-corrected chi connectivity index (χ1v) is 6.39. The van der Waals surface area contributed by atoms with E-state index in [2.05, 4.69) is 4.98 Å². The van der Waals surface area contributed by atoms with Gasteiger partial charge in [-0.1, -0.05) is 0 Å². The molecule has 2 aromatic rings. The summed E-state index contributed by atoms with van der Waals surface area (Å²) in [6.07, 6.45) is 1.14. The average Bonchev–Trinajstić information content (AvgIpc) is 2.87.